The highest BCUT2D eigenvalue weighted by molar-refractivity contribution is 5.82. The molecule has 0 fully saturated rings. The second kappa shape index (κ2) is 5.48. The second-order valence-corrected chi connectivity index (χ2v) is 4.11. The van der Waals surface area contributed by atoms with E-state index < -0.39 is 4.92 Å². The highest BCUT2D eigenvalue weighted by atomic mass is 19.1. The average Bonchev–Trinajstić information content (AvgIpc) is 2.41. The van der Waals surface area contributed by atoms with Crippen molar-refractivity contribution in [1.82, 2.24) is 0 Å². The van der Waals surface area contributed by atoms with Gasteiger partial charge in [0.15, 0.2) is 6.29 Å². The maximum absolute atomic E-state index is 13.0. The van der Waals surface area contributed by atoms with Gasteiger partial charge in [-0.1, -0.05) is 0 Å². The van der Waals surface area contributed by atoms with E-state index in [2.05, 4.69) is 0 Å². The topological polar surface area (TPSA) is 69.4 Å². The molecule has 0 aromatic heterocycles. The lowest BCUT2D eigenvalue weighted by atomic mass is 10.2. The number of nitro groups is 1. The Bertz CT molecular complexity index is 685. The van der Waals surface area contributed by atoms with Gasteiger partial charge in [0.25, 0.3) is 5.69 Å². The second-order valence-electron chi connectivity index (χ2n) is 4.11. The van der Waals surface area contributed by atoms with Gasteiger partial charge in [0.05, 0.1) is 10.5 Å². The predicted octanol–water partition coefficient (Wildman–Crippen LogP) is 3.65. The van der Waals surface area contributed by atoms with E-state index in [1.54, 1.807) is 6.92 Å². The van der Waals surface area contributed by atoms with Crippen LogP contribution < -0.4 is 4.74 Å². The molecule has 0 N–H and O–H groups in total. The van der Waals surface area contributed by atoms with Crippen LogP contribution in [0.3, 0.4) is 0 Å². The van der Waals surface area contributed by atoms with E-state index >= 15 is 0 Å². The molecule has 102 valence electrons. The van der Waals surface area contributed by atoms with Crippen LogP contribution >= 0.6 is 0 Å². The number of halogens is 1. The first-order valence-corrected chi connectivity index (χ1v) is 5.69. The molecule has 0 atom stereocenters. The lowest BCUT2D eigenvalue weighted by molar-refractivity contribution is -0.385. The molecule has 0 aliphatic rings. The van der Waals surface area contributed by atoms with Gasteiger partial charge < -0.3 is 4.74 Å². The molecule has 20 heavy (non-hydrogen) atoms. The van der Waals surface area contributed by atoms with Crippen molar-refractivity contribution in [2.45, 2.75) is 6.92 Å². The smallest absolute Gasteiger partial charge is 0.280 e. The Morgan fingerprint density at radius 3 is 2.60 bits per heavy atom. The van der Waals surface area contributed by atoms with Crippen LogP contribution in [-0.2, 0) is 0 Å². The zero-order chi connectivity index (χ0) is 14.7. The van der Waals surface area contributed by atoms with E-state index in [9.17, 15) is 19.3 Å². The van der Waals surface area contributed by atoms with Crippen LogP contribution in [0.2, 0.25) is 0 Å². The van der Waals surface area contributed by atoms with Crippen molar-refractivity contribution in [2.75, 3.05) is 0 Å². The van der Waals surface area contributed by atoms with E-state index in [1.165, 1.54) is 36.4 Å². The summed E-state index contributed by atoms with van der Waals surface area (Å²) in [4.78, 5) is 20.9. The van der Waals surface area contributed by atoms with Gasteiger partial charge in [-0.15, -0.1) is 0 Å². The van der Waals surface area contributed by atoms with Gasteiger partial charge in [-0.3, -0.25) is 14.9 Å². The molecule has 2 aromatic carbocycles. The Morgan fingerprint density at radius 1 is 1.25 bits per heavy atom. The minimum absolute atomic E-state index is 0.0766. The zero-order valence-corrected chi connectivity index (χ0v) is 10.5. The number of hydrogen-bond acceptors (Lipinski definition) is 4. The van der Waals surface area contributed by atoms with Crippen molar-refractivity contribution < 1.29 is 18.8 Å². The van der Waals surface area contributed by atoms with Crippen LogP contribution in [0, 0.1) is 22.9 Å². The van der Waals surface area contributed by atoms with Gasteiger partial charge in [-0.2, -0.15) is 0 Å². The van der Waals surface area contributed by atoms with Crippen molar-refractivity contribution in [2.24, 2.45) is 0 Å². The van der Waals surface area contributed by atoms with Gasteiger partial charge in [-0.25, -0.2) is 4.39 Å². The Kier molecular flexibility index (Phi) is 3.74. The van der Waals surface area contributed by atoms with Crippen LogP contribution in [-0.4, -0.2) is 11.2 Å². The van der Waals surface area contributed by atoms with Crippen LogP contribution in [0.1, 0.15) is 15.9 Å². The summed E-state index contributed by atoms with van der Waals surface area (Å²) >= 11 is 0. The van der Waals surface area contributed by atoms with Gasteiger partial charge in [0, 0.05) is 6.07 Å². The van der Waals surface area contributed by atoms with Gasteiger partial charge in [0.2, 0.25) is 0 Å². The molecule has 6 heteroatoms. The minimum Gasteiger partial charge on any atom is -0.457 e. The van der Waals surface area contributed by atoms with E-state index in [4.69, 9.17) is 4.74 Å². The average molecular weight is 275 g/mol. The third-order valence-electron chi connectivity index (χ3n) is 2.69. The molecule has 0 bridgehead atoms. The van der Waals surface area contributed by atoms with Gasteiger partial charge >= 0.3 is 0 Å². The highest BCUT2D eigenvalue weighted by Gasteiger charge is 2.14. The number of benzene rings is 2. The zero-order valence-electron chi connectivity index (χ0n) is 10.5. The normalized spacial score (nSPS) is 10.1. The molecular weight excluding hydrogens is 265 g/mol. The molecule has 0 saturated carbocycles. The summed E-state index contributed by atoms with van der Waals surface area (Å²) < 4.78 is 18.5. The number of carbonyl (C=O) groups excluding carboxylic acids is 1. The summed E-state index contributed by atoms with van der Waals surface area (Å²) in [5.41, 5.74) is 0.214. The first-order chi connectivity index (χ1) is 9.51. The van der Waals surface area contributed by atoms with Crippen molar-refractivity contribution in [3.8, 4) is 11.5 Å². The predicted molar refractivity (Wildman–Crippen MR) is 69.7 cm³/mol. The Hall–Kier alpha value is -2.76. The molecule has 0 unspecified atom stereocenters. The summed E-state index contributed by atoms with van der Waals surface area (Å²) in [6.07, 6.45) is 0.391. The Morgan fingerprint density at radius 2 is 2.00 bits per heavy atom. The number of hydrogen-bond donors (Lipinski definition) is 0. The lowest BCUT2D eigenvalue weighted by Gasteiger charge is -2.09. The number of rotatable bonds is 4. The third kappa shape index (κ3) is 2.80. The maximum Gasteiger partial charge on any atom is 0.280 e. The van der Waals surface area contributed by atoms with E-state index in [0.717, 1.165) is 0 Å². The summed E-state index contributed by atoms with van der Waals surface area (Å²) in [7, 11) is 0. The molecule has 5 nitrogen and oxygen atoms in total. The molecule has 0 spiro atoms. The number of ether oxygens (including phenoxy) is 1. The van der Waals surface area contributed by atoms with Crippen LogP contribution in [0.25, 0.3) is 0 Å². The SMILES string of the molecule is Cc1cc(F)ccc1Oc1ccc([N+](=O)[O-])c(C=O)c1. The molecule has 0 aliphatic heterocycles. The minimum atomic E-state index is -0.642. The van der Waals surface area contributed by atoms with Crippen LogP contribution in [0.15, 0.2) is 36.4 Å². The fourth-order valence-corrected chi connectivity index (χ4v) is 1.71. The third-order valence-corrected chi connectivity index (χ3v) is 2.69. The monoisotopic (exact) mass is 275 g/mol. The molecule has 2 rings (SSSR count). The summed E-state index contributed by atoms with van der Waals surface area (Å²) in [5, 5.41) is 10.7. The Labute approximate surface area is 113 Å². The fourth-order valence-electron chi connectivity index (χ4n) is 1.71. The van der Waals surface area contributed by atoms with E-state index in [0.29, 0.717) is 17.6 Å². The summed E-state index contributed by atoms with van der Waals surface area (Å²) in [5.74, 6) is 0.302. The maximum atomic E-state index is 13.0. The molecule has 0 aliphatic carbocycles. The van der Waals surface area contributed by atoms with Gasteiger partial charge in [0.1, 0.15) is 17.3 Å². The quantitative estimate of drug-likeness (QED) is 0.485. The Balaban J connectivity index is 2.34. The van der Waals surface area contributed by atoms with Crippen LogP contribution in [0.4, 0.5) is 10.1 Å². The molecular formula is C14H10FNO4. The number of carbonyl (C=O) groups is 1. The number of nitro benzene ring substituents is 1. The molecule has 0 radical (unpaired) electrons. The number of nitrogens with zero attached hydrogens (tertiary/aromatic N) is 1. The molecule has 0 heterocycles. The molecule has 0 saturated heterocycles. The van der Waals surface area contributed by atoms with Gasteiger partial charge in [-0.05, 0) is 42.8 Å². The molecule has 2 aromatic rings. The van der Waals surface area contributed by atoms with Crippen molar-refractivity contribution in [3.05, 3.63) is 63.5 Å². The van der Waals surface area contributed by atoms with E-state index in [1.807, 2.05) is 0 Å². The number of aldehydes is 1. The van der Waals surface area contributed by atoms with Crippen molar-refractivity contribution in [1.29, 1.82) is 0 Å². The standard InChI is InChI=1S/C14H10FNO4/c1-9-6-11(15)2-5-14(9)20-12-3-4-13(16(18)19)10(7-12)8-17/h2-8H,1H3. The van der Waals surface area contributed by atoms with E-state index in [-0.39, 0.29) is 22.8 Å². The van der Waals surface area contributed by atoms with Crippen LogP contribution in [0.5, 0.6) is 11.5 Å². The van der Waals surface area contributed by atoms with Crippen molar-refractivity contribution >= 4 is 12.0 Å². The first kappa shape index (κ1) is 13.7. The summed E-state index contributed by atoms with van der Waals surface area (Å²) in [6, 6.07) is 7.85. The fraction of sp³-hybridized carbons (Fsp3) is 0.0714. The number of aryl methyl sites for hydroxylation is 1. The summed E-state index contributed by atoms with van der Waals surface area (Å²) in [6.45, 7) is 1.67. The largest absolute Gasteiger partial charge is 0.457 e. The lowest BCUT2D eigenvalue weighted by Crippen LogP contribution is -1.95. The first-order valence-electron chi connectivity index (χ1n) is 5.69. The highest BCUT2D eigenvalue weighted by Crippen LogP contribution is 2.28. The molecule has 0 amide bonds. The van der Waals surface area contributed by atoms with Crippen molar-refractivity contribution in [3.63, 3.8) is 0 Å².